The summed E-state index contributed by atoms with van der Waals surface area (Å²) < 4.78 is 9.98. The van der Waals surface area contributed by atoms with Gasteiger partial charge in [0.25, 0.3) is 0 Å². The standard InChI is InChI=1S/C18H20N2O4/c1-4-6-7-15(5-2)17(12-19)20-24-18(21)23-13-14-8-10-16(22-3)11-9-14/h5-11H,4,13H2,1-3H3/b7-6-,15-5+,20-17+. The monoisotopic (exact) mass is 328 g/mol. The number of allylic oxidation sites excluding steroid dienone is 4. The van der Waals surface area contributed by atoms with Crippen LogP contribution in [0.4, 0.5) is 4.79 Å². The van der Waals surface area contributed by atoms with Gasteiger partial charge in [-0.3, -0.25) is 4.84 Å². The highest BCUT2D eigenvalue weighted by atomic mass is 16.8. The van der Waals surface area contributed by atoms with Crippen molar-refractivity contribution in [2.45, 2.75) is 26.9 Å². The van der Waals surface area contributed by atoms with Gasteiger partial charge in [0.05, 0.1) is 7.11 Å². The van der Waals surface area contributed by atoms with E-state index in [1.54, 1.807) is 50.5 Å². The van der Waals surface area contributed by atoms with Crippen molar-refractivity contribution in [2.24, 2.45) is 5.16 Å². The number of methoxy groups -OCH3 is 1. The Kier molecular flexibility index (Phi) is 8.40. The first-order valence-electron chi connectivity index (χ1n) is 7.42. The van der Waals surface area contributed by atoms with Crippen molar-refractivity contribution in [1.82, 2.24) is 0 Å². The third kappa shape index (κ3) is 6.36. The highest BCUT2D eigenvalue weighted by Crippen LogP contribution is 2.12. The third-order valence-electron chi connectivity index (χ3n) is 2.95. The highest BCUT2D eigenvalue weighted by Gasteiger charge is 2.08. The fraction of sp³-hybridized carbons (Fsp3) is 0.278. The minimum Gasteiger partial charge on any atom is -0.497 e. The molecule has 24 heavy (non-hydrogen) atoms. The zero-order chi connectivity index (χ0) is 17.8. The molecule has 126 valence electrons. The van der Waals surface area contributed by atoms with Crippen molar-refractivity contribution in [1.29, 1.82) is 5.26 Å². The largest absolute Gasteiger partial charge is 0.535 e. The molecule has 0 aliphatic heterocycles. The van der Waals surface area contributed by atoms with Crippen molar-refractivity contribution >= 4 is 11.9 Å². The van der Waals surface area contributed by atoms with Crippen LogP contribution in [0.15, 0.2) is 53.2 Å². The van der Waals surface area contributed by atoms with Crippen LogP contribution in [0.3, 0.4) is 0 Å². The summed E-state index contributed by atoms with van der Waals surface area (Å²) in [6.45, 7) is 3.77. The molecule has 0 aromatic heterocycles. The Hall–Kier alpha value is -3.07. The van der Waals surface area contributed by atoms with Crippen molar-refractivity contribution in [3.8, 4) is 11.8 Å². The first kappa shape index (κ1) is 19.0. The van der Waals surface area contributed by atoms with E-state index in [1.165, 1.54) is 0 Å². The topological polar surface area (TPSA) is 80.9 Å². The Morgan fingerprint density at radius 3 is 2.58 bits per heavy atom. The smallest absolute Gasteiger partial charge is 0.497 e. The normalized spacial score (nSPS) is 11.9. The van der Waals surface area contributed by atoms with Crippen LogP contribution in [0.25, 0.3) is 0 Å². The maximum absolute atomic E-state index is 11.6. The molecule has 0 radical (unpaired) electrons. The zero-order valence-corrected chi connectivity index (χ0v) is 14.0. The number of hydrogen-bond donors (Lipinski definition) is 0. The molecule has 0 N–H and O–H groups in total. The molecule has 0 amide bonds. The van der Waals surface area contributed by atoms with E-state index in [0.717, 1.165) is 12.0 Å². The lowest BCUT2D eigenvalue weighted by Crippen LogP contribution is -2.07. The third-order valence-corrected chi connectivity index (χ3v) is 2.95. The molecule has 1 aromatic carbocycles. The van der Waals surface area contributed by atoms with Crippen LogP contribution in [0.1, 0.15) is 25.8 Å². The van der Waals surface area contributed by atoms with Gasteiger partial charge in [-0.25, -0.2) is 4.79 Å². The SMILES string of the molecule is C/C=C(\C=C/CC)C(/C#N)=N/OC(=O)OCc1ccc(OC)cc1. The molecule has 0 bridgehead atoms. The average Bonchev–Trinajstić information content (AvgIpc) is 2.63. The number of rotatable bonds is 7. The van der Waals surface area contributed by atoms with E-state index < -0.39 is 6.16 Å². The summed E-state index contributed by atoms with van der Waals surface area (Å²) in [5, 5.41) is 12.6. The Bertz CT molecular complexity index is 667. The van der Waals surface area contributed by atoms with Crippen molar-refractivity contribution in [3.05, 3.63) is 53.6 Å². The molecular formula is C18H20N2O4. The number of hydrogen-bond acceptors (Lipinski definition) is 6. The molecule has 0 fully saturated rings. The summed E-state index contributed by atoms with van der Waals surface area (Å²) in [5.74, 6) is 0.712. The van der Waals surface area contributed by atoms with Crippen LogP contribution in [0.5, 0.6) is 5.75 Å². The molecule has 0 aliphatic rings. The van der Waals surface area contributed by atoms with Gasteiger partial charge in [-0.1, -0.05) is 42.4 Å². The second kappa shape index (κ2) is 10.6. The van der Waals surface area contributed by atoms with Gasteiger partial charge in [0.15, 0.2) is 5.71 Å². The Balaban J connectivity index is 2.59. The second-order valence-electron chi connectivity index (χ2n) is 4.58. The lowest BCUT2D eigenvalue weighted by atomic mass is 10.1. The lowest BCUT2D eigenvalue weighted by molar-refractivity contribution is 0.0521. The first-order valence-corrected chi connectivity index (χ1v) is 7.42. The number of benzene rings is 1. The molecular weight excluding hydrogens is 308 g/mol. The molecule has 0 saturated heterocycles. The van der Waals surface area contributed by atoms with Gasteiger partial charge >= 0.3 is 6.16 Å². The summed E-state index contributed by atoms with van der Waals surface area (Å²) in [6, 6.07) is 8.94. The van der Waals surface area contributed by atoms with E-state index in [-0.39, 0.29) is 12.3 Å². The van der Waals surface area contributed by atoms with Gasteiger partial charge in [0.1, 0.15) is 18.4 Å². The van der Waals surface area contributed by atoms with Crippen LogP contribution < -0.4 is 4.74 Å². The minimum absolute atomic E-state index is 0.00333. The van der Waals surface area contributed by atoms with Crippen LogP contribution >= 0.6 is 0 Å². The van der Waals surface area contributed by atoms with Crippen LogP contribution in [-0.2, 0) is 16.2 Å². The summed E-state index contributed by atoms with van der Waals surface area (Å²) in [6.07, 6.45) is 5.17. The highest BCUT2D eigenvalue weighted by molar-refractivity contribution is 6.12. The average molecular weight is 328 g/mol. The van der Waals surface area contributed by atoms with Crippen LogP contribution in [-0.4, -0.2) is 19.0 Å². The van der Waals surface area contributed by atoms with E-state index in [0.29, 0.717) is 11.3 Å². The minimum atomic E-state index is -0.978. The summed E-state index contributed by atoms with van der Waals surface area (Å²) in [4.78, 5) is 16.2. The maximum atomic E-state index is 11.6. The van der Waals surface area contributed by atoms with Crippen LogP contribution in [0, 0.1) is 11.3 Å². The molecule has 0 spiro atoms. The molecule has 6 nitrogen and oxygen atoms in total. The summed E-state index contributed by atoms with van der Waals surface area (Å²) in [7, 11) is 1.57. The number of nitriles is 1. The fourth-order valence-corrected chi connectivity index (χ4v) is 1.67. The molecule has 0 saturated carbocycles. The van der Waals surface area contributed by atoms with Crippen molar-refractivity contribution in [2.75, 3.05) is 7.11 Å². The van der Waals surface area contributed by atoms with Crippen molar-refractivity contribution < 1.29 is 19.1 Å². The van der Waals surface area contributed by atoms with Gasteiger partial charge in [-0.05, 0) is 31.0 Å². The van der Waals surface area contributed by atoms with Gasteiger partial charge in [-0.15, -0.1) is 0 Å². The van der Waals surface area contributed by atoms with E-state index in [4.69, 9.17) is 14.7 Å². The number of nitrogens with zero attached hydrogens (tertiary/aromatic N) is 2. The Morgan fingerprint density at radius 2 is 2.04 bits per heavy atom. The maximum Gasteiger partial charge on any atom is 0.535 e. The number of carbonyl (C=O) groups is 1. The zero-order valence-electron chi connectivity index (χ0n) is 14.0. The van der Waals surface area contributed by atoms with Crippen LogP contribution in [0.2, 0.25) is 0 Å². The molecule has 6 heteroatoms. The number of ether oxygens (including phenoxy) is 2. The fourth-order valence-electron chi connectivity index (χ4n) is 1.67. The van der Waals surface area contributed by atoms with E-state index in [2.05, 4.69) is 9.99 Å². The van der Waals surface area contributed by atoms with Gasteiger partial charge < -0.3 is 9.47 Å². The lowest BCUT2D eigenvalue weighted by Gasteiger charge is -2.04. The first-order chi connectivity index (χ1) is 11.6. The van der Waals surface area contributed by atoms with Crippen molar-refractivity contribution in [3.63, 3.8) is 0 Å². The van der Waals surface area contributed by atoms with E-state index >= 15 is 0 Å². The second-order valence-corrected chi connectivity index (χ2v) is 4.58. The molecule has 0 aliphatic carbocycles. The molecule has 1 rings (SSSR count). The van der Waals surface area contributed by atoms with Gasteiger partial charge in [0.2, 0.25) is 0 Å². The summed E-state index contributed by atoms with van der Waals surface area (Å²) >= 11 is 0. The predicted octanol–water partition coefficient (Wildman–Crippen LogP) is 4.14. The van der Waals surface area contributed by atoms with Gasteiger partial charge in [-0.2, -0.15) is 5.26 Å². The molecule has 1 aromatic rings. The summed E-state index contributed by atoms with van der Waals surface area (Å²) in [5.41, 5.74) is 1.35. The van der Waals surface area contributed by atoms with E-state index in [1.807, 2.05) is 19.1 Å². The number of oxime groups is 1. The Labute approximate surface area is 141 Å². The number of carbonyl (C=O) groups excluding carboxylic acids is 1. The molecule has 0 unspecified atom stereocenters. The Morgan fingerprint density at radius 1 is 1.33 bits per heavy atom. The predicted molar refractivity (Wildman–Crippen MR) is 90.5 cm³/mol. The molecule has 0 heterocycles. The molecule has 0 atom stereocenters. The van der Waals surface area contributed by atoms with E-state index in [9.17, 15) is 4.79 Å². The quantitative estimate of drug-likeness (QED) is 0.247. The van der Waals surface area contributed by atoms with Gasteiger partial charge in [0, 0.05) is 5.57 Å².